The highest BCUT2D eigenvalue weighted by molar-refractivity contribution is 4.33. The Morgan fingerprint density at radius 1 is 1.20 bits per heavy atom. The second kappa shape index (κ2) is 11.7. The maximum atomic E-state index is 5.11. The molecule has 0 aromatic rings. The van der Waals surface area contributed by atoms with E-state index in [1.54, 1.807) is 0 Å². The van der Waals surface area contributed by atoms with E-state index in [0.29, 0.717) is 0 Å². The smallest absolute Gasteiger partial charge is 0.0987 e. The molecular weight excluding hydrogens is 126 g/mol. The first kappa shape index (κ1) is 12.6. The maximum absolute atomic E-state index is 5.11. The van der Waals surface area contributed by atoms with Gasteiger partial charge < -0.3 is 4.74 Å². The van der Waals surface area contributed by atoms with Gasteiger partial charge in [-0.05, 0) is 20.5 Å². The number of hydrogen-bond acceptors (Lipinski definition) is 2. The van der Waals surface area contributed by atoms with Gasteiger partial charge in [-0.15, -0.1) is 0 Å². The Labute approximate surface area is 65.2 Å². The lowest BCUT2D eigenvalue weighted by atomic mass is 10.7. The van der Waals surface area contributed by atoms with E-state index in [-0.39, 0.29) is 0 Å². The SMILES string of the molecule is CC.CCOCN(C)CC. The topological polar surface area (TPSA) is 12.5 Å². The summed E-state index contributed by atoms with van der Waals surface area (Å²) in [7, 11) is 2.04. The average molecular weight is 147 g/mol. The number of hydrogen-bond donors (Lipinski definition) is 0. The molecule has 0 saturated carbocycles. The molecular formula is C8H21NO. The van der Waals surface area contributed by atoms with Crippen molar-refractivity contribution in [3.63, 3.8) is 0 Å². The lowest BCUT2D eigenvalue weighted by molar-refractivity contribution is 0.0538. The van der Waals surface area contributed by atoms with Gasteiger partial charge in [-0.2, -0.15) is 0 Å². The lowest BCUT2D eigenvalue weighted by Gasteiger charge is -2.11. The molecule has 64 valence electrons. The van der Waals surface area contributed by atoms with Gasteiger partial charge in [0.1, 0.15) is 0 Å². The Kier molecular flexibility index (Phi) is 14.7. The van der Waals surface area contributed by atoms with E-state index in [9.17, 15) is 0 Å². The molecule has 0 rings (SSSR count). The summed E-state index contributed by atoms with van der Waals surface area (Å²) >= 11 is 0. The Morgan fingerprint density at radius 2 is 1.70 bits per heavy atom. The molecule has 10 heavy (non-hydrogen) atoms. The van der Waals surface area contributed by atoms with Gasteiger partial charge in [0.25, 0.3) is 0 Å². The summed E-state index contributed by atoms with van der Waals surface area (Å²) in [6.45, 7) is 10.7. The zero-order chi connectivity index (χ0) is 8.41. The van der Waals surface area contributed by atoms with Crippen molar-refractivity contribution in [1.29, 1.82) is 0 Å². The van der Waals surface area contributed by atoms with Crippen LogP contribution in [0.2, 0.25) is 0 Å². The van der Waals surface area contributed by atoms with Crippen LogP contribution < -0.4 is 0 Å². The van der Waals surface area contributed by atoms with E-state index in [1.165, 1.54) is 0 Å². The van der Waals surface area contributed by atoms with Crippen molar-refractivity contribution in [3.05, 3.63) is 0 Å². The van der Waals surface area contributed by atoms with E-state index in [0.717, 1.165) is 19.9 Å². The van der Waals surface area contributed by atoms with Crippen molar-refractivity contribution >= 4 is 0 Å². The number of rotatable bonds is 4. The summed E-state index contributed by atoms with van der Waals surface area (Å²) in [5.74, 6) is 0. The molecule has 0 atom stereocenters. The molecule has 2 heteroatoms. The molecule has 0 spiro atoms. The standard InChI is InChI=1S/C6H15NO.C2H6/c1-4-7(3)6-8-5-2;1-2/h4-6H2,1-3H3;1-2H3. The quantitative estimate of drug-likeness (QED) is 0.564. The third-order valence-electron chi connectivity index (χ3n) is 1.06. The van der Waals surface area contributed by atoms with Crippen LogP contribution in [0.1, 0.15) is 27.7 Å². The normalized spacial score (nSPS) is 9.00. The van der Waals surface area contributed by atoms with Gasteiger partial charge >= 0.3 is 0 Å². The molecule has 0 aromatic carbocycles. The highest BCUT2D eigenvalue weighted by Gasteiger charge is 1.88. The van der Waals surface area contributed by atoms with Gasteiger partial charge in [-0.25, -0.2) is 0 Å². The molecule has 0 N–H and O–H groups in total. The van der Waals surface area contributed by atoms with Crippen molar-refractivity contribution < 1.29 is 4.74 Å². The molecule has 0 amide bonds. The van der Waals surface area contributed by atoms with E-state index >= 15 is 0 Å². The second-order valence-electron chi connectivity index (χ2n) is 1.79. The number of nitrogens with zero attached hydrogens (tertiary/aromatic N) is 1. The third-order valence-corrected chi connectivity index (χ3v) is 1.06. The van der Waals surface area contributed by atoms with E-state index in [2.05, 4.69) is 11.8 Å². The molecule has 0 bridgehead atoms. The van der Waals surface area contributed by atoms with Crippen LogP contribution in [0, 0.1) is 0 Å². The molecule has 2 nitrogen and oxygen atoms in total. The molecule has 0 fully saturated rings. The fourth-order valence-electron chi connectivity index (χ4n) is 0.338. The highest BCUT2D eigenvalue weighted by atomic mass is 16.5. The van der Waals surface area contributed by atoms with Gasteiger partial charge in [-0.3, -0.25) is 4.90 Å². The van der Waals surface area contributed by atoms with Crippen LogP contribution in [0.5, 0.6) is 0 Å². The minimum Gasteiger partial charge on any atom is -0.366 e. The van der Waals surface area contributed by atoms with Crippen molar-refractivity contribution in [2.45, 2.75) is 27.7 Å². The molecule has 0 heterocycles. The van der Waals surface area contributed by atoms with Crippen LogP contribution >= 0.6 is 0 Å². The van der Waals surface area contributed by atoms with Gasteiger partial charge in [-0.1, -0.05) is 20.8 Å². The van der Waals surface area contributed by atoms with Gasteiger partial charge in [0.05, 0.1) is 6.73 Å². The van der Waals surface area contributed by atoms with Crippen LogP contribution in [-0.2, 0) is 4.74 Å². The fraction of sp³-hybridized carbons (Fsp3) is 1.00. The van der Waals surface area contributed by atoms with Crippen LogP contribution in [0.25, 0.3) is 0 Å². The molecule has 0 aliphatic rings. The van der Waals surface area contributed by atoms with Crippen molar-refractivity contribution in [1.82, 2.24) is 4.90 Å². The van der Waals surface area contributed by atoms with Crippen LogP contribution in [0.4, 0.5) is 0 Å². The molecule has 0 unspecified atom stereocenters. The summed E-state index contributed by atoms with van der Waals surface area (Å²) in [5, 5.41) is 0. The van der Waals surface area contributed by atoms with Gasteiger partial charge in [0.2, 0.25) is 0 Å². The van der Waals surface area contributed by atoms with Crippen molar-refractivity contribution in [3.8, 4) is 0 Å². The first-order chi connectivity index (χ1) is 4.81. The number of ether oxygens (including phenoxy) is 1. The largest absolute Gasteiger partial charge is 0.366 e. The summed E-state index contributed by atoms with van der Waals surface area (Å²) in [4.78, 5) is 2.11. The van der Waals surface area contributed by atoms with E-state index < -0.39 is 0 Å². The van der Waals surface area contributed by atoms with Gasteiger partial charge in [0, 0.05) is 6.61 Å². The Morgan fingerprint density at radius 3 is 2.00 bits per heavy atom. The Hall–Kier alpha value is -0.0800. The summed E-state index contributed by atoms with van der Waals surface area (Å²) in [5.41, 5.74) is 0. The van der Waals surface area contributed by atoms with Crippen molar-refractivity contribution in [2.24, 2.45) is 0 Å². The molecule has 0 aromatic heterocycles. The average Bonchev–Trinajstić information content (AvgIpc) is 2.04. The van der Waals surface area contributed by atoms with Gasteiger partial charge in [0.15, 0.2) is 0 Å². The predicted molar refractivity (Wildman–Crippen MR) is 46.1 cm³/mol. The molecule has 0 radical (unpaired) electrons. The fourth-order valence-corrected chi connectivity index (χ4v) is 0.338. The zero-order valence-corrected chi connectivity index (χ0v) is 7.98. The summed E-state index contributed by atoms with van der Waals surface area (Å²) in [6.07, 6.45) is 0. The monoisotopic (exact) mass is 147 g/mol. The minimum absolute atomic E-state index is 0.757. The summed E-state index contributed by atoms with van der Waals surface area (Å²) < 4.78 is 5.11. The van der Waals surface area contributed by atoms with E-state index in [4.69, 9.17) is 4.74 Å². The molecule has 0 aliphatic carbocycles. The third kappa shape index (κ3) is 10.8. The van der Waals surface area contributed by atoms with Crippen LogP contribution in [0.15, 0.2) is 0 Å². The predicted octanol–water partition coefficient (Wildman–Crippen LogP) is 1.96. The molecule has 0 aliphatic heterocycles. The summed E-state index contributed by atoms with van der Waals surface area (Å²) in [6, 6.07) is 0. The first-order valence-electron chi connectivity index (χ1n) is 4.07. The second-order valence-corrected chi connectivity index (χ2v) is 1.79. The Bertz CT molecular complexity index is 48.5. The minimum atomic E-state index is 0.757. The first-order valence-corrected chi connectivity index (χ1v) is 4.07. The molecule has 0 saturated heterocycles. The maximum Gasteiger partial charge on any atom is 0.0987 e. The Balaban J connectivity index is 0. The van der Waals surface area contributed by atoms with Crippen molar-refractivity contribution in [2.75, 3.05) is 26.9 Å². The van der Waals surface area contributed by atoms with Crippen LogP contribution in [-0.4, -0.2) is 31.8 Å². The van der Waals surface area contributed by atoms with Crippen LogP contribution in [0.3, 0.4) is 0 Å². The highest BCUT2D eigenvalue weighted by Crippen LogP contribution is 1.80. The van der Waals surface area contributed by atoms with E-state index in [1.807, 2.05) is 27.8 Å². The lowest BCUT2D eigenvalue weighted by Crippen LogP contribution is -2.20. The zero-order valence-electron chi connectivity index (χ0n) is 7.98.